The SMILES string of the molecule is CCNCC(OCC(F)(F)F)c1ccccc1C. The first-order valence-electron chi connectivity index (χ1n) is 5.88. The Kier molecular flexibility index (Phi) is 5.62. The van der Waals surface area contributed by atoms with Crippen LogP contribution < -0.4 is 5.32 Å². The summed E-state index contributed by atoms with van der Waals surface area (Å²) in [5, 5.41) is 3.02. The van der Waals surface area contributed by atoms with Gasteiger partial charge in [-0.1, -0.05) is 31.2 Å². The number of aryl methyl sites for hydroxylation is 1. The topological polar surface area (TPSA) is 21.3 Å². The van der Waals surface area contributed by atoms with Gasteiger partial charge in [0.1, 0.15) is 6.61 Å². The summed E-state index contributed by atoms with van der Waals surface area (Å²) in [5.74, 6) is 0. The number of alkyl halides is 3. The van der Waals surface area contributed by atoms with E-state index in [9.17, 15) is 13.2 Å². The van der Waals surface area contributed by atoms with Crippen molar-refractivity contribution < 1.29 is 17.9 Å². The lowest BCUT2D eigenvalue weighted by Gasteiger charge is -2.21. The van der Waals surface area contributed by atoms with E-state index in [0.29, 0.717) is 13.1 Å². The molecule has 18 heavy (non-hydrogen) atoms. The fourth-order valence-corrected chi connectivity index (χ4v) is 1.68. The lowest BCUT2D eigenvalue weighted by Crippen LogP contribution is -2.27. The molecule has 0 aliphatic heterocycles. The first kappa shape index (κ1) is 15.0. The summed E-state index contributed by atoms with van der Waals surface area (Å²) >= 11 is 0. The average molecular weight is 261 g/mol. The second-order valence-corrected chi connectivity index (χ2v) is 4.08. The molecule has 0 spiro atoms. The highest BCUT2D eigenvalue weighted by Gasteiger charge is 2.29. The largest absolute Gasteiger partial charge is 0.411 e. The molecular weight excluding hydrogens is 243 g/mol. The lowest BCUT2D eigenvalue weighted by molar-refractivity contribution is -0.185. The van der Waals surface area contributed by atoms with Crippen LogP contribution in [0.15, 0.2) is 24.3 Å². The highest BCUT2D eigenvalue weighted by atomic mass is 19.4. The third-order valence-electron chi connectivity index (χ3n) is 2.56. The summed E-state index contributed by atoms with van der Waals surface area (Å²) in [4.78, 5) is 0. The zero-order valence-electron chi connectivity index (χ0n) is 10.6. The van der Waals surface area contributed by atoms with Crippen molar-refractivity contribution in [3.05, 3.63) is 35.4 Å². The maximum Gasteiger partial charge on any atom is 0.411 e. The zero-order chi connectivity index (χ0) is 13.6. The normalized spacial score (nSPS) is 13.6. The Balaban J connectivity index is 2.75. The fraction of sp³-hybridized carbons (Fsp3) is 0.538. The Morgan fingerprint density at radius 2 is 1.94 bits per heavy atom. The van der Waals surface area contributed by atoms with Crippen LogP contribution in [-0.4, -0.2) is 25.9 Å². The number of hydrogen-bond acceptors (Lipinski definition) is 2. The highest BCUT2D eigenvalue weighted by molar-refractivity contribution is 5.28. The molecule has 1 atom stereocenters. The summed E-state index contributed by atoms with van der Waals surface area (Å²) in [6, 6.07) is 7.32. The van der Waals surface area contributed by atoms with E-state index in [4.69, 9.17) is 4.74 Å². The van der Waals surface area contributed by atoms with Crippen molar-refractivity contribution in [2.24, 2.45) is 0 Å². The summed E-state index contributed by atoms with van der Waals surface area (Å²) in [6.45, 7) is 3.61. The van der Waals surface area contributed by atoms with Crippen molar-refractivity contribution in [2.45, 2.75) is 26.1 Å². The van der Waals surface area contributed by atoms with Crippen molar-refractivity contribution in [1.29, 1.82) is 0 Å². The quantitative estimate of drug-likeness (QED) is 0.849. The molecule has 0 amide bonds. The third-order valence-corrected chi connectivity index (χ3v) is 2.56. The first-order valence-corrected chi connectivity index (χ1v) is 5.88. The molecule has 0 saturated heterocycles. The van der Waals surface area contributed by atoms with Gasteiger partial charge in [-0.3, -0.25) is 0 Å². The van der Waals surface area contributed by atoms with Crippen molar-refractivity contribution in [2.75, 3.05) is 19.7 Å². The van der Waals surface area contributed by atoms with Crippen LogP contribution >= 0.6 is 0 Å². The fourth-order valence-electron chi connectivity index (χ4n) is 1.68. The second-order valence-electron chi connectivity index (χ2n) is 4.08. The number of ether oxygens (including phenoxy) is 1. The van der Waals surface area contributed by atoms with Crippen molar-refractivity contribution in [3.8, 4) is 0 Å². The Labute approximate surface area is 105 Å². The van der Waals surface area contributed by atoms with Gasteiger partial charge in [0.25, 0.3) is 0 Å². The van der Waals surface area contributed by atoms with Gasteiger partial charge < -0.3 is 10.1 Å². The number of benzene rings is 1. The second kappa shape index (κ2) is 6.75. The number of likely N-dealkylation sites (N-methyl/N-ethyl adjacent to an activating group) is 1. The van der Waals surface area contributed by atoms with Crippen LogP contribution in [0, 0.1) is 6.92 Å². The molecule has 1 unspecified atom stereocenters. The Bertz CT molecular complexity index is 365. The Morgan fingerprint density at radius 1 is 1.28 bits per heavy atom. The van der Waals surface area contributed by atoms with Gasteiger partial charge in [0.15, 0.2) is 0 Å². The van der Waals surface area contributed by atoms with Gasteiger partial charge in [-0.25, -0.2) is 0 Å². The van der Waals surface area contributed by atoms with Gasteiger partial charge in [0.05, 0.1) is 6.10 Å². The number of rotatable bonds is 6. The maximum absolute atomic E-state index is 12.2. The van der Waals surface area contributed by atoms with E-state index >= 15 is 0 Å². The standard InChI is InChI=1S/C13H18F3NO/c1-3-17-8-12(18-9-13(14,15)16)11-7-5-4-6-10(11)2/h4-7,12,17H,3,8-9H2,1-2H3. The van der Waals surface area contributed by atoms with Gasteiger partial charge in [-0.15, -0.1) is 0 Å². The molecule has 0 heterocycles. The van der Waals surface area contributed by atoms with Crippen LogP contribution in [0.25, 0.3) is 0 Å². The molecule has 0 bridgehead atoms. The number of nitrogens with one attached hydrogen (secondary N) is 1. The van der Waals surface area contributed by atoms with Crippen LogP contribution in [0.2, 0.25) is 0 Å². The van der Waals surface area contributed by atoms with Crippen LogP contribution in [0.1, 0.15) is 24.2 Å². The molecule has 2 nitrogen and oxygen atoms in total. The molecule has 0 saturated carbocycles. The summed E-state index contributed by atoms with van der Waals surface area (Å²) in [6.07, 6.45) is -4.87. The van der Waals surface area contributed by atoms with Crippen LogP contribution in [0.3, 0.4) is 0 Å². The Morgan fingerprint density at radius 3 is 2.50 bits per heavy atom. The van der Waals surface area contributed by atoms with E-state index < -0.39 is 18.9 Å². The molecule has 0 aromatic heterocycles. The molecular formula is C13H18F3NO. The van der Waals surface area contributed by atoms with Crippen LogP contribution in [0.4, 0.5) is 13.2 Å². The van der Waals surface area contributed by atoms with Gasteiger partial charge in [0, 0.05) is 6.54 Å². The molecule has 1 N–H and O–H groups in total. The third kappa shape index (κ3) is 5.06. The van der Waals surface area contributed by atoms with Crippen LogP contribution in [-0.2, 0) is 4.74 Å². The van der Waals surface area contributed by atoms with Crippen molar-refractivity contribution in [1.82, 2.24) is 5.32 Å². The predicted molar refractivity (Wildman–Crippen MR) is 64.5 cm³/mol. The highest BCUT2D eigenvalue weighted by Crippen LogP contribution is 2.24. The lowest BCUT2D eigenvalue weighted by atomic mass is 10.0. The molecule has 0 fully saturated rings. The first-order chi connectivity index (χ1) is 8.44. The summed E-state index contributed by atoms with van der Waals surface area (Å²) in [7, 11) is 0. The van der Waals surface area contributed by atoms with E-state index in [1.54, 1.807) is 12.1 Å². The Hall–Kier alpha value is -1.07. The van der Waals surface area contributed by atoms with Gasteiger partial charge in [-0.2, -0.15) is 13.2 Å². The predicted octanol–water partition coefficient (Wildman–Crippen LogP) is 3.22. The molecule has 1 rings (SSSR count). The summed E-state index contributed by atoms with van der Waals surface area (Å²) < 4.78 is 41.6. The van der Waals surface area contributed by atoms with Gasteiger partial charge in [-0.05, 0) is 24.6 Å². The molecule has 5 heteroatoms. The van der Waals surface area contributed by atoms with E-state index in [1.807, 2.05) is 26.0 Å². The minimum absolute atomic E-state index is 0.372. The monoisotopic (exact) mass is 261 g/mol. The van der Waals surface area contributed by atoms with Crippen molar-refractivity contribution >= 4 is 0 Å². The average Bonchev–Trinajstić information content (AvgIpc) is 2.29. The smallest absolute Gasteiger partial charge is 0.363 e. The minimum Gasteiger partial charge on any atom is -0.363 e. The molecule has 0 radical (unpaired) electrons. The van der Waals surface area contributed by atoms with E-state index in [0.717, 1.165) is 11.1 Å². The maximum atomic E-state index is 12.2. The van der Waals surface area contributed by atoms with Crippen molar-refractivity contribution in [3.63, 3.8) is 0 Å². The van der Waals surface area contributed by atoms with E-state index in [1.165, 1.54) is 0 Å². The van der Waals surface area contributed by atoms with E-state index in [-0.39, 0.29) is 0 Å². The molecule has 0 aliphatic carbocycles. The molecule has 1 aromatic carbocycles. The summed E-state index contributed by atoms with van der Waals surface area (Å²) in [5.41, 5.74) is 1.73. The van der Waals surface area contributed by atoms with Crippen LogP contribution in [0.5, 0.6) is 0 Å². The number of hydrogen-bond donors (Lipinski definition) is 1. The van der Waals surface area contributed by atoms with E-state index in [2.05, 4.69) is 5.32 Å². The molecule has 0 aliphatic rings. The van der Waals surface area contributed by atoms with Gasteiger partial charge in [0.2, 0.25) is 0 Å². The van der Waals surface area contributed by atoms with Gasteiger partial charge >= 0.3 is 6.18 Å². The number of halogens is 3. The minimum atomic E-state index is -4.30. The molecule has 1 aromatic rings. The zero-order valence-corrected chi connectivity index (χ0v) is 10.6. The molecule has 102 valence electrons.